The van der Waals surface area contributed by atoms with Gasteiger partial charge in [-0.15, -0.1) is 0 Å². The van der Waals surface area contributed by atoms with E-state index in [1.54, 1.807) is 0 Å². The van der Waals surface area contributed by atoms with Crippen molar-refractivity contribution in [2.75, 3.05) is 5.01 Å². The van der Waals surface area contributed by atoms with Crippen LogP contribution in [0.4, 0.5) is 5.69 Å². The first-order valence-corrected chi connectivity index (χ1v) is 4.87. The number of benzene rings is 1. The highest BCUT2D eigenvalue weighted by Gasteiger charge is 2.22. The number of nitrogens with zero attached hydrogens (tertiary/aromatic N) is 2. The van der Waals surface area contributed by atoms with Crippen molar-refractivity contribution in [1.82, 2.24) is 0 Å². The summed E-state index contributed by atoms with van der Waals surface area (Å²) in [5.74, 6) is 0.0213. The molecule has 0 fully saturated rings. The molecule has 0 bridgehead atoms. The van der Waals surface area contributed by atoms with Crippen LogP contribution in [0.15, 0.2) is 29.4 Å². The molecule has 1 aromatic rings. The van der Waals surface area contributed by atoms with Crippen LogP contribution < -0.4 is 10.7 Å². The van der Waals surface area contributed by atoms with E-state index in [2.05, 4.69) is 5.10 Å². The van der Waals surface area contributed by atoms with E-state index in [9.17, 15) is 4.79 Å². The molecule has 0 aromatic heterocycles. The zero-order chi connectivity index (χ0) is 10.8. The third-order valence-electron chi connectivity index (χ3n) is 2.33. The monoisotopic (exact) mass is 203 g/mol. The molecule has 1 heterocycles. The molecule has 15 heavy (non-hydrogen) atoms. The number of hydrazone groups is 1. The van der Waals surface area contributed by atoms with Crippen molar-refractivity contribution in [2.24, 2.45) is 10.8 Å². The van der Waals surface area contributed by atoms with Gasteiger partial charge in [-0.05, 0) is 24.6 Å². The van der Waals surface area contributed by atoms with E-state index in [1.165, 1.54) is 5.01 Å². The Balaban J connectivity index is 2.26. The largest absolute Gasteiger partial charge is 0.326 e. The van der Waals surface area contributed by atoms with Gasteiger partial charge in [-0.3, -0.25) is 4.79 Å². The van der Waals surface area contributed by atoms with Gasteiger partial charge in [-0.2, -0.15) is 5.10 Å². The predicted molar refractivity (Wildman–Crippen MR) is 59.5 cm³/mol. The number of carbonyl (C=O) groups is 1. The Hall–Kier alpha value is -1.68. The van der Waals surface area contributed by atoms with Crippen LogP contribution in [0.2, 0.25) is 0 Å². The van der Waals surface area contributed by atoms with Gasteiger partial charge < -0.3 is 5.73 Å². The van der Waals surface area contributed by atoms with Crippen LogP contribution in [-0.2, 0) is 11.3 Å². The molecule has 1 amide bonds. The first kappa shape index (κ1) is 9.86. The van der Waals surface area contributed by atoms with Crippen molar-refractivity contribution in [3.8, 4) is 0 Å². The predicted octanol–water partition coefficient (Wildman–Crippen LogP) is 1.26. The molecule has 1 aliphatic rings. The Morgan fingerprint density at radius 2 is 2.07 bits per heavy atom. The van der Waals surface area contributed by atoms with Crippen LogP contribution in [-0.4, -0.2) is 11.6 Å². The molecule has 0 saturated heterocycles. The van der Waals surface area contributed by atoms with Crippen LogP contribution in [0, 0.1) is 0 Å². The maximum atomic E-state index is 11.5. The molecule has 4 nitrogen and oxygen atoms in total. The van der Waals surface area contributed by atoms with Gasteiger partial charge in [0.05, 0.1) is 12.1 Å². The molecule has 1 aromatic carbocycles. The lowest BCUT2D eigenvalue weighted by Crippen LogP contribution is -2.19. The van der Waals surface area contributed by atoms with Crippen molar-refractivity contribution in [1.29, 1.82) is 0 Å². The van der Waals surface area contributed by atoms with Crippen LogP contribution in [0.1, 0.15) is 18.9 Å². The van der Waals surface area contributed by atoms with E-state index in [-0.39, 0.29) is 5.91 Å². The lowest BCUT2D eigenvalue weighted by Gasteiger charge is -2.11. The molecule has 0 atom stereocenters. The Bertz CT molecular complexity index is 408. The zero-order valence-corrected chi connectivity index (χ0v) is 8.60. The Morgan fingerprint density at radius 1 is 1.40 bits per heavy atom. The second kappa shape index (κ2) is 3.82. The highest BCUT2D eigenvalue weighted by atomic mass is 16.2. The number of rotatable bonds is 2. The standard InChI is InChI=1S/C11H13N3O/c1-8-6-11(15)14(13-8)10-4-2-9(7-12)3-5-10/h2-5H,6-7,12H2,1H3. The van der Waals surface area contributed by atoms with E-state index in [0.29, 0.717) is 13.0 Å². The fourth-order valence-corrected chi connectivity index (χ4v) is 1.53. The molecule has 4 heteroatoms. The fraction of sp³-hybridized carbons (Fsp3) is 0.273. The van der Waals surface area contributed by atoms with Crippen LogP contribution >= 0.6 is 0 Å². The summed E-state index contributed by atoms with van der Waals surface area (Å²) in [5, 5.41) is 5.60. The minimum absolute atomic E-state index is 0.0213. The minimum Gasteiger partial charge on any atom is -0.326 e. The Labute approximate surface area is 88.4 Å². The number of amides is 1. The molecular weight excluding hydrogens is 190 g/mol. The number of carbonyl (C=O) groups excluding carboxylic acids is 1. The maximum absolute atomic E-state index is 11.5. The van der Waals surface area contributed by atoms with E-state index in [0.717, 1.165) is 17.0 Å². The third-order valence-corrected chi connectivity index (χ3v) is 2.33. The maximum Gasteiger partial charge on any atom is 0.253 e. The number of anilines is 1. The van der Waals surface area contributed by atoms with Gasteiger partial charge in [-0.25, -0.2) is 5.01 Å². The molecule has 0 aliphatic carbocycles. The van der Waals surface area contributed by atoms with Gasteiger partial charge in [0, 0.05) is 12.3 Å². The number of hydrogen-bond donors (Lipinski definition) is 1. The summed E-state index contributed by atoms with van der Waals surface area (Å²) < 4.78 is 0. The molecule has 2 rings (SSSR count). The molecule has 78 valence electrons. The van der Waals surface area contributed by atoms with Crippen molar-refractivity contribution in [3.05, 3.63) is 29.8 Å². The molecule has 0 unspecified atom stereocenters. The number of nitrogens with two attached hydrogens (primary N) is 1. The van der Waals surface area contributed by atoms with Gasteiger partial charge >= 0.3 is 0 Å². The molecule has 2 N–H and O–H groups in total. The summed E-state index contributed by atoms with van der Waals surface area (Å²) in [4.78, 5) is 11.5. The van der Waals surface area contributed by atoms with E-state index >= 15 is 0 Å². The van der Waals surface area contributed by atoms with E-state index in [4.69, 9.17) is 5.73 Å². The molecule has 0 spiro atoms. The fourth-order valence-electron chi connectivity index (χ4n) is 1.53. The molecule has 0 radical (unpaired) electrons. The summed E-state index contributed by atoms with van der Waals surface area (Å²) >= 11 is 0. The lowest BCUT2D eigenvalue weighted by atomic mass is 10.2. The van der Waals surface area contributed by atoms with Gasteiger partial charge in [0.1, 0.15) is 0 Å². The van der Waals surface area contributed by atoms with Gasteiger partial charge in [0.25, 0.3) is 5.91 Å². The molecular formula is C11H13N3O. The second-order valence-corrected chi connectivity index (χ2v) is 3.59. The summed E-state index contributed by atoms with van der Waals surface area (Å²) in [6.07, 6.45) is 0.415. The van der Waals surface area contributed by atoms with Crippen LogP contribution in [0.3, 0.4) is 0 Å². The van der Waals surface area contributed by atoms with Gasteiger partial charge in [0.2, 0.25) is 0 Å². The lowest BCUT2D eigenvalue weighted by molar-refractivity contribution is -0.116. The summed E-state index contributed by atoms with van der Waals surface area (Å²) in [6.45, 7) is 2.36. The van der Waals surface area contributed by atoms with Gasteiger partial charge in [0.15, 0.2) is 0 Å². The third kappa shape index (κ3) is 1.89. The van der Waals surface area contributed by atoms with Crippen molar-refractivity contribution < 1.29 is 4.79 Å². The average molecular weight is 203 g/mol. The van der Waals surface area contributed by atoms with E-state index < -0.39 is 0 Å². The van der Waals surface area contributed by atoms with E-state index in [1.807, 2.05) is 31.2 Å². The second-order valence-electron chi connectivity index (χ2n) is 3.59. The summed E-state index contributed by atoms with van der Waals surface area (Å²) in [6, 6.07) is 7.54. The SMILES string of the molecule is CC1=NN(c2ccc(CN)cc2)C(=O)C1. The first-order chi connectivity index (χ1) is 7.20. The first-order valence-electron chi connectivity index (χ1n) is 4.87. The highest BCUT2D eigenvalue weighted by Crippen LogP contribution is 2.20. The van der Waals surface area contributed by atoms with Gasteiger partial charge in [-0.1, -0.05) is 12.1 Å². The smallest absolute Gasteiger partial charge is 0.253 e. The molecule has 1 aliphatic heterocycles. The summed E-state index contributed by atoms with van der Waals surface area (Å²) in [5.41, 5.74) is 8.19. The van der Waals surface area contributed by atoms with Crippen molar-refractivity contribution in [2.45, 2.75) is 19.9 Å². The zero-order valence-electron chi connectivity index (χ0n) is 8.60. The minimum atomic E-state index is 0.0213. The number of hydrogen-bond acceptors (Lipinski definition) is 3. The summed E-state index contributed by atoms with van der Waals surface area (Å²) in [7, 11) is 0. The average Bonchev–Trinajstić information content (AvgIpc) is 2.58. The quantitative estimate of drug-likeness (QED) is 0.786. The van der Waals surface area contributed by atoms with Crippen LogP contribution in [0.5, 0.6) is 0 Å². The Morgan fingerprint density at radius 3 is 2.53 bits per heavy atom. The van der Waals surface area contributed by atoms with Crippen LogP contribution in [0.25, 0.3) is 0 Å². The topological polar surface area (TPSA) is 58.7 Å². The van der Waals surface area contributed by atoms with Crippen molar-refractivity contribution in [3.63, 3.8) is 0 Å². The highest BCUT2D eigenvalue weighted by molar-refractivity contribution is 6.12. The van der Waals surface area contributed by atoms with Crippen molar-refractivity contribution >= 4 is 17.3 Å². The normalized spacial score (nSPS) is 15.7. The Kier molecular flexibility index (Phi) is 2.51. The molecule has 0 saturated carbocycles.